The highest BCUT2D eigenvalue weighted by molar-refractivity contribution is 7.13. The van der Waals surface area contributed by atoms with E-state index in [1.807, 2.05) is 61.7 Å². The van der Waals surface area contributed by atoms with Gasteiger partial charge in [-0.15, -0.1) is 11.3 Å². The number of thiophene rings is 1. The summed E-state index contributed by atoms with van der Waals surface area (Å²) in [6, 6.07) is 15.5. The minimum atomic E-state index is -0.361. The highest BCUT2D eigenvalue weighted by Gasteiger charge is 2.19. The molecule has 1 heterocycles. The van der Waals surface area contributed by atoms with Crippen molar-refractivity contribution in [2.45, 2.75) is 34.2 Å². The Morgan fingerprint density at radius 2 is 1.73 bits per heavy atom. The molecule has 0 saturated heterocycles. The fourth-order valence-electron chi connectivity index (χ4n) is 3.87. The molecule has 0 radical (unpaired) electrons. The zero-order chi connectivity index (χ0) is 26.8. The van der Waals surface area contributed by atoms with Crippen molar-refractivity contribution in [1.82, 2.24) is 15.2 Å². The van der Waals surface area contributed by atoms with Gasteiger partial charge in [0.05, 0.1) is 11.9 Å². The Kier molecular flexibility index (Phi) is 10.6. The molecular weight excluding hydrogens is 482 g/mol. The zero-order valence-electron chi connectivity index (χ0n) is 22.4. The van der Waals surface area contributed by atoms with Gasteiger partial charge in [-0.2, -0.15) is 5.10 Å². The molecule has 0 unspecified atom stereocenters. The Bertz CT molecular complexity index is 1220. The number of hydrogen-bond donors (Lipinski definition) is 2. The lowest BCUT2D eigenvalue weighted by atomic mass is 10.1. The van der Waals surface area contributed by atoms with Crippen molar-refractivity contribution in [1.29, 1.82) is 0 Å². The minimum absolute atomic E-state index is 0.244. The number of carbonyl (C=O) groups excluding carboxylic acids is 2. The Balaban J connectivity index is 1.63. The number of nitrogens with zero attached hydrogens (tertiary/aromatic N) is 3. The van der Waals surface area contributed by atoms with E-state index in [4.69, 9.17) is 0 Å². The summed E-state index contributed by atoms with van der Waals surface area (Å²) in [6.07, 6.45) is 1.60. The third-order valence-electron chi connectivity index (χ3n) is 6.21. The highest BCUT2D eigenvalue weighted by Crippen LogP contribution is 2.28. The molecule has 0 aliphatic rings. The molecule has 37 heavy (non-hydrogen) atoms. The largest absolute Gasteiger partial charge is 0.320 e. The van der Waals surface area contributed by atoms with Crippen molar-refractivity contribution in [3.05, 3.63) is 86.6 Å². The van der Waals surface area contributed by atoms with E-state index in [0.717, 1.165) is 55.0 Å². The third kappa shape index (κ3) is 8.35. The van der Waals surface area contributed by atoms with E-state index in [1.54, 1.807) is 12.3 Å². The van der Waals surface area contributed by atoms with Gasteiger partial charge in [-0.05, 0) is 68.2 Å². The van der Waals surface area contributed by atoms with E-state index in [0.29, 0.717) is 16.1 Å². The summed E-state index contributed by atoms with van der Waals surface area (Å²) in [5, 5.41) is 8.87. The summed E-state index contributed by atoms with van der Waals surface area (Å²) in [7, 11) is 2.09. The van der Waals surface area contributed by atoms with Crippen molar-refractivity contribution >= 4 is 35.1 Å². The molecule has 196 valence electrons. The molecule has 2 aromatic carbocycles. The molecule has 2 amide bonds. The van der Waals surface area contributed by atoms with E-state index in [1.165, 1.54) is 11.3 Å². The Hall–Kier alpha value is -3.33. The fraction of sp³-hybridized carbons (Fsp3) is 0.345. The monoisotopic (exact) mass is 519 g/mol. The first kappa shape index (κ1) is 28.2. The van der Waals surface area contributed by atoms with Crippen LogP contribution < -0.4 is 10.7 Å². The van der Waals surface area contributed by atoms with E-state index in [-0.39, 0.29) is 11.8 Å². The van der Waals surface area contributed by atoms with Gasteiger partial charge >= 0.3 is 0 Å². The van der Waals surface area contributed by atoms with E-state index in [2.05, 4.69) is 46.5 Å². The number of likely N-dealkylation sites (N-methyl/N-ethyl adjacent to an activating group) is 2. The molecule has 0 fully saturated rings. The predicted molar refractivity (Wildman–Crippen MR) is 154 cm³/mol. The third-order valence-corrected chi connectivity index (χ3v) is 7.31. The van der Waals surface area contributed by atoms with Gasteiger partial charge in [0.1, 0.15) is 4.88 Å². The van der Waals surface area contributed by atoms with Crippen molar-refractivity contribution in [2.75, 3.05) is 38.5 Å². The van der Waals surface area contributed by atoms with Crippen LogP contribution in [0, 0.1) is 13.8 Å². The van der Waals surface area contributed by atoms with Gasteiger partial charge in [0.25, 0.3) is 11.8 Å². The Morgan fingerprint density at radius 3 is 2.43 bits per heavy atom. The summed E-state index contributed by atoms with van der Waals surface area (Å²) in [6.45, 7) is 13.1. The standard InChI is InChI=1S/C29H37N5O2S/c1-6-34(7-2)16-15-33(5)19-24-9-8-10-25(17-24)28(35)31-26-22(4)20-37-27(26)29(36)32-30-18-23-13-11-21(3)12-14-23/h8-14,17-18,20H,6-7,15-16,19H2,1-5H3,(H,31,35)(H,32,36). The number of amides is 2. The number of hydrogen-bond acceptors (Lipinski definition) is 6. The molecule has 2 N–H and O–H groups in total. The van der Waals surface area contributed by atoms with Crippen molar-refractivity contribution in [3.8, 4) is 0 Å². The zero-order valence-corrected chi connectivity index (χ0v) is 23.2. The van der Waals surface area contributed by atoms with Crippen LogP contribution in [0.3, 0.4) is 0 Å². The molecule has 7 nitrogen and oxygen atoms in total. The number of anilines is 1. The molecule has 1 aromatic heterocycles. The van der Waals surface area contributed by atoms with Gasteiger partial charge in [-0.1, -0.05) is 55.8 Å². The quantitative estimate of drug-likeness (QED) is 0.256. The second kappa shape index (κ2) is 13.8. The molecule has 0 aliphatic carbocycles. The van der Waals surface area contributed by atoms with Gasteiger partial charge in [-0.3, -0.25) is 9.59 Å². The van der Waals surface area contributed by atoms with Gasteiger partial charge in [0, 0.05) is 25.2 Å². The summed E-state index contributed by atoms with van der Waals surface area (Å²) in [5.41, 5.74) is 7.59. The van der Waals surface area contributed by atoms with Crippen molar-refractivity contribution in [2.24, 2.45) is 5.10 Å². The van der Waals surface area contributed by atoms with Crippen LogP contribution in [0.1, 0.15) is 56.1 Å². The van der Waals surface area contributed by atoms with E-state index in [9.17, 15) is 9.59 Å². The summed E-state index contributed by atoms with van der Waals surface area (Å²) in [4.78, 5) is 31.0. The number of nitrogens with one attached hydrogen (secondary N) is 2. The summed E-state index contributed by atoms with van der Waals surface area (Å²) >= 11 is 1.28. The second-order valence-electron chi connectivity index (χ2n) is 9.15. The second-order valence-corrected chi connectivity index (χ2v) is 10.0. The smallest absolute Gasteiger partial charge is 0.283 e. The first-order chi connectivity index (χ1) is 17.8. The average molecular weight is 520 g/mol. The lowest BCUT2D eigenvalue weighted by Crippen LogP contribution is -2.32. The number of benzene rings is 2. The summed E-state index contributed by atoms with van der Waals surface area (Å²) < 4.78 is 0. The van der Waals surface area contributed by atoms with Gasteiger partial charge < -0.3 is 15.1 Å². The van der Waals surface area contributed by atoms with Crippen LogP contribution in [0.2, 0.25) is 0 Å². The Labute approximate surface area is 224 Å². The number of carbonyl (C=O) groups is 2. The SMILES string of the molecule is CCN(CC)CCN(C)Cc1cccc(C(=O)Nc2c(C)csc2C(=O)NN=Cc2ccc(C)cc2)c1. The summed E-state index contributed by atoms with van der Waals surface area (Å²) in [5.74, 6) is -0.605. The van der Waals surface area contributed by atoms with Crippen LogP contribution in [0.15, 0.2) is 59.0 Å². The maximum Gasteiger partial charge on any atom is 0.283 e. The van der Waals surface area contributed by atoms with Crippen LogP contribution in [0.25, 0.3) is 0 Å². The molecule has 0 saturated carbocycles. The predicted octanol–water partition coefficient (Wildman–Crippen LogP) is 5.15. The van der Waals surface area contributed by atoms with Gasteiger partial charge in [0.15, 0.2) is 0 Å². The topological polar surface area (TPSA) is 77.0 Å². The van der Waals surface area contributed by atoms with E-state index < -0.39 is 0 Å². The van der Waals surface area contributed by atoms with Crippen LogP contribution in [0.4, 0.5) is 5.69 Å². The first-order valence-corrected chi connectivity index (χ1v) is 13.5. The van der Waals surface area contributed by atoms with Crippen LogP contribution in [-0.2, 0) is 6.54 Å². The van der Waals surface area contributed by atoms with Crippen LogP contribution in [0.5, 0.6) is 0 Å². The van der Waals surface area contributed by atoms with E-state index >= 15 is 0 Å². The lowest BCUT2D eigenvalue weighted by molar-refractivity contribution is 0.0960. The highest BCUT2D eigenvalue weighted by atomic mass is 32.1. The average Bonchev–Trinajstić information content (AvgIpc) is 3.25. The molecule has 8 heteroatoms. The first-order valence-electron chi connectivity index (χ1n) is 12.6. The normalized spacial score (nSPS) is 11.4. The number of hydrazone groups is 1. The van der Waals surface area contributed by atoms with Crippen LogP contribution >= 0.6 is 11.3 Å². The molecule has 0 bridgehead atoms. The number of rotatable bonds is 12. The molecular formula is C29H37N5O2S. The molecule has 0 spiro atoms. The maximum absolute atomic E-state index is 13.1. The van der Waals surface area contributed by atoms with Crippen molar-refractivity contribution in [3.63, 3.8) is 0 Å². The minimum Gasteiger partial charge on any atom is -0.320 e. The fourth-order valence-corrected chi connectivity index (χ4v) is 4.77. The van der Waals surface area contributed by atoms with Crippen molar-refractivity contribution < 1.29 is 9.59 Å². The molecule has 0 aliphatic heterocycles. The number of aryl methyl sites for hydroxylation is 2. The Morgan fingerprint density at radius 1 is 1.00 bits per heavy atom. The molecule has 3 aromatic rings. The maximum atomic E-state index is 13.1. The molecule has 3 rings (SSSR count). The van der Waals surface area contributed by atoms with Gasteiger partial charge in [0.2, 0.25) is 0 Å². The molecule has 0 atom stereocenters. The van der Waals surface area contributed by atoms with Crippen LogP contribution in [-0.4, -0.2) is 61.1 Å². The lowest BCUT2D eigenvalue weighted by Gasteiger charge is -2.23. The van der Waals surface area contributed by atoms with Gasteiger partial charge in [-0.25, -0.2) is 5.43 Å².